The van der Waals surface area contributed by atoms with Gasteiger partial charge in [-0.25, -0.2) is 4.98 Å². The van der Waals surface area contributed by atoms with Crippen molar-refractivity contribution in [3.8, 4) is 11.3 Å². The van der Waals surface area contributed by atoms with E-state index in [1.807, 2.05) is 30.3 Å². The van der Waals surface area contributed by atoms with Crippen LogP contribution < -0.4 is 15.7 Å². The number of nitrogens with one attached hydrogen (secondary N) is 2. The summed E-state index contributed by atoms with van der Waals surface area (Å²) in [5.41, 5.74) is 5.63. The van der Waals surface area contributed by atoms with Gasteiger partial charge in [0.2, 0.25) is 5.91 Å². The van der Waals surface area contributed by atoms with Crippen molar-refractivity contribution < 1.29 is 14.0 Å². The lowest BCUT2D eigenvalue weighted by atomic mass is 9.84. The van der Waals surface area contributed by atoms with E-state index in [1.165, 1.54) is 17.3 Å². The highest BCUT2D eigenvalue weighted by atomic mass is 28.4. The maximum Gasteiger partial charge on any atom is 0.261 e. The predicted molar refractivity (Wildman–Crippen MR) is 187 cm³/mol. The number of fused-ring (bicyclic) bond motifs is 1. The van der Waals surface area contributed by atoms with Gasteiger partial charge in [0.05, 0.1) is 5.69 Å². The molecular weight excluding hydrogens is 587 g/mol. The highest BCUT2D eigenvalue weighted by Crippen LogP contribution is 2.40. The first kappa shape index (κ1) is 31.4. The minimum atomic E-state index is -2.74. The molecule has 2 N–H and O–H groups in total. The minimum absolute atomic E-state index is 0.0325. The van der Waals surface area contributed by atoms with E-state index in [1.54, 1.807) is 6.20 Å². The van der Waals surface area contributed by atoms with Gasteiger partial charge in [-0.1, -0.05) is 112 Å². The van der Waals surface area contributed by atoms with E-state index in [9.17, 15) is 9.59 Å². The number of rotatable bonds is 9. The van der Waals surface area contributed by atoms with Crippen LogP contribution in [0.4, 0.5) is 5.82 Å². The second kappa shape index (κ2) is 13.0. The number of H-pyrrole nitrogens is 1. The molecule has 234 valence electrons. The smallest absolute Gasteiger partial charge is 0.261 e. The van der Waals surface area contributed by atoms with E-state index < -0.39 is 8.32 Å². The van der Waals surface area contributed by atoms with Gasteiger partial charge in [-0.05, 0) is 51.0 Å². The Morgan fingerprint density at radius 2 is 1.52 bits per heavy atom. The Balaban J connectivity index is 1.37. The van der Waals surface area contributed by atoms with Crippen LogP contribution in [0, 0.1) is 5.92 Å². The number of anilines is 1. The number of hydrogen-bond donors (Lipinski definition) is 2. The molecule has 0 bridgehead atoms. The van der Waals surface area contributed by atoms with Gasteiger partial charge < -0.3 is 14.7 Å². The fourth-order valence-corrected chi connectivity index (χ4v) is 11.6. The van der Waals surface area contributed by atoms with Crippen molar-refractivity contribution in [3.63, 3.8) is 0 Å². The average Bonchev–Trinajstić information content (AvgIpc) is 3.40. The molecule has 0 aliphatic heterocycles. The van der Waals surface area contributed by atoms with Crippen molar-refractivity contribution in [2.45, 2.75) is 52.0 Å². The Morgan fingerprint density at radius 1 is 0.913 bits per heavy atom. The van der Waals surface area contributed by atoms with E-state index >= 15 is 0 Å². The first-order valence-corrected chi connectivity index (χ1v) is 17.9. The Hall–Kier alpha value is -4.59. The summed E-state index contributed by atoms with van der Waals surface area (Å²) >= 11 is 0. The van der Waals surface area contributed by atoms with Crippen molar-refractivity contribution in [3.05, 3.63) is 132 Å². The lowest BCUT2D eigenvalue weighted by Gasteiger charge is -2.44. The zero-order valence-corrected chi connectivity index (χ0v) is 28.0. The number of aromatic amines is 1. The zero-order valence-electron chi connectivity index (χ0n) is 27.0. The Labute approximate surface area is 272 Å². The highest BCUT2D eigenvalue weighted by molar-refractivity contribution is 6.99. The molecule has 6 nitrogen and oxygen atoms in total. The Bertz CT molecular complexity index is 1790. The van der Waals surface area contributed by atoms with Gasteiger partial charge in [-0.2, -0.15) is 0 Å². The Kier molecular flexibility index (Phi) is 8.89. The van der Waals surface area contributed by atoms with Crippen LogP contribution >= 0.6 is 0 Å². The molecule has 1 amide bonds. The van der Waals surface area contributed by atoms with Crippen LogP contribution in [-0.4, -0.2) is 36.6 Å². The van der Waals surface area contributed by atoms with Gasteiger partial charge in [0.25, 0.3) is 8.32 Å². The maximum absolute atomic E-state index is 14.1. The second-order valence-corrected chi connectivity index (χ2v) is 17.6. The molecule has 1 unspecified atom stereocenters. The van der Waals surface area contributed by atoms with Gasteiger partial charge in [-0.3, -0.25) is 9.59 Å². The number of carbonyl (C=O) groups excluding carboxylic acids is 2. The lowest BCUT2D eigenvalue weighted by molar-refractivity contribution is -0.114. The van der Waals surface area contributed by atoms with Crippen LogP contribution in [0.15, 0.2) is 109 Å². The SMILES string of the molecule is CC(=O)Nc1cc(-c2[nH]c3c(c2Cc2ccccc2)C(=O)CC(CO[Si](c2ccccc2)(c2ccccc2)C(C)(C)C)C3)ccn1. The number of Topliss-reactive ketones (excluding diaryl/α,β-unsaturated/α-hetero) is 1. The number of carbonyl (C=O) groups is 2. The van der Waals surface area contributed by atoms with Crippen molar-refractivity contribution in [1.29, 1.82) is 0 Å². The number of benzene rings is 3. The summed E-state index contributed by atoms with van der Waals surface area (Å²) < 4.78 is 7.26. The topological polar surface area (TPSA) is 84.1 Å². The summed E-state index contributed by atoms with van der Waals surface area (Å²) in [7, 11) is -2.74. The fourth-order valence-electron chi connectivity index (χ4n) is 6.99. The first-order valence-electron chi connectivity index (χ1n) is 16.0. The molecule has 3 aromatic carbocycles. The summed E-state index contributed by atoms with van der Waals surface area (Å²) in [6.07, 6.45) is 3.45. The molecule has 1 aliphatic rings. The van der Waals surface area contributed by atoms with E-state index in [0.29, 0.717) is 31.7 Å². The first-order chi connectivity index (χ1) is 22.2. The summed E-state index contributed by atoms with van der Waals surface area (Å²) in [5.74, 6) is 0.469. The number of pyridine rings is 1. The molecule has 0 saturated carbocycles. The third kappa shape index (κ3) is 6.25. The number of aromatic nitrogens is 2. The molecular formula is C39H41N3O3Si. The van der Waals surface area contributed by atoms with E-state index in [4.69, 9.17) is 4.43 Å². The summed E-state index contributed by atoms with van der Waals surface area (Å²) in [5, 5.41) is 5.11. The van der Waals surface area contributed by atoms with Crippen LogP contribution in [0.3, 0.4) is 0 Å². The van der Waals surface area contributed by atoms with E-state index in [2.05, 4.69) is 109 Å². The maximum atomic E-state index is 14.1. The summed E-state index contributed by atoms with van der Waals surface area (Å²) in [6, 6.07) is 35.3. The molecule has 6 rings (SSSR count). The lowest BCUT2D eigenvalue weighted by Crippen LogP contribution is -2.67. The molecule has 1 atom stereocenters. The number of nitrogens with zero attached hydrogens (tertiary/aromatic N) is 1. The summed E-state index contributed by atoms with van der Waals surface area (Å²) in [4.78, 5) is 33.8. The molecule has 2 heterocycles. The van der Waals surface area contributed by atoms with Gasteiger partial charge in [-0.15, -0.1) is 0 Å². The highest BCUT2D eigenvalue weighted by Gasteiger charge is 2.50. The molecule has 7 heteroatoms. The van der Waals surface area contributed by atoms with Gasteiger partial charge in [0, 0.05) is 49.4 Å². The number of amides is 1. The van der Waals surface area contributed by atoms with Crippen molar-refractivity contribution in [2.75, 3.05) is 11.9 Å². The molecule has 5 aromatic rings. The predicted octanol–water partition coefficient (Wildman–Crippen LogP) is 6.95. The average molecular weight is 628 g/mol. The molecule has 2 aromatic heterocycles. The van der Waals surface area contributed by atoms with Crippen LogP contribution in [0.1, 0.15) is 61.3 Å². The fraction of sp³-hybridized carbons (Fsp3) is 0.256. The number of hydrogen-bond acceptors (Lipinski definition) is 4. The largest absolute Gasteiger partial charge is 0.407 e. The third-order valence-corrected chi connectivity index (χ3v) is 14.0. The molecule has 1 aliphatic carbocycles. The van der Waals surface area contributed by atoms with Crippen molar-refractivity contribution >= 4 is 36.2 Å². The van der Waals surface area contributed by atoms with Crippen molar-refractivity contribution in [1.82, 2.24) is 9.97 Å². The zero-order chi connectivity index (χ0) is 32.3. The van der Waals surface area contributed by atoms with Crippen molar-refractivity contribution in [2.24, 2.45) is 5.92 Å². The molecule has 0 radical (unpaired) electrons. The molecule has 0 spiro atoms. The van der Waals surface area contributed by atoms with Gasteiger partial charge >= 0.3 is 0 Å². The normalized spacial score (nSPS) is 15.0. The van der Waals surface area contributed by atoms with Crippen LogP contribution in [0.25, 0.3) is 11.3 Å². The van der Waals surface area contributed by atoms with Gasteiger partial charge in [0.1, 0.15) is 5.82 Å². The van der Waals surface area contributed by atoms with E-state index in [0.717, 1.165) is 33.6 Å². The van der Waals surface area contributed by atoms with Crippen LogP contribution in [0.2, 0.25) is 5.04 Å². The minimum Gasteiger partial charge on any atom is -0.407 e. The van der Waals surface area contributed by atoms with E-state index in [-0.39, 0.29) is 22.6 Å². The standard InChI is InChI=1S/C39H41N3O3Si/c1-27(43)41-36-25-30(20-21-40-36)38-33(22-28-14-8-5-9-15-28)37-34(42-38)23-29(24-35(37)44)26-45-46(39(2,3)4,31-16-10-6-11-17-31)32-18-12-7-13-19-32/h5-21,25,29,42H,22-24,26H2,1-4H3,(H,40,41,43). The monoisotopic (exact) mass is 627 g/mol. The number of ketones is 1. The van der Waals surface area contributed by atoms with Crippen LogP contribution in [0.5, 0.6) is 0 Å². The quantitative estimate of drug-likeness (QED) is 0.173. The van der Waals surface area contributed by atoms with Gasteiger partial charge in [0.15, 0.2) is 5.78 Å². The third-order valence-electron chi connectivity index (χ3n) is 8.96. The second-order valence-electron chi connectivity index (χ2n) is 13.3. The molecule has 0 saturated heterocycles. The summed E-state index contributed by atoms with van der Waals surface area (Å²) in [6.45, 7) is 8.79. The molecule has 46 heavy (non-hydrogen) atoms. The Morgan fingerprint density at radius 3 is 2.11 bits per heavy atom. The molecule has 0 fully saturated rings. The van der Waals surface area contributed by atoms with Crippen LogP contribution in [-0.2, 0) is 22.1 Å².